The number of hydrogen-bond donors (Lipinski definition) is 0. The van der Waals surface area contributed by atoms with Crippen LogP contribution in [-0.2, 0) is 5.41 Å². The SMILES string of the molecule is CC12C=CC=CC1N(c1cccc(Sc3cccc(-c4cc(C5=CC(Sc6cccc(N7c8ccccc8C8C=CC=CC87C)c6)CC=C5)nn4-c4cccc(Sc5cccc(-n6c7ccccc7c7ccccc76)c5)c4)c3)c1)c1ccccc12. The molecule has 0 saturated carbocycles. The zero-order chi connectivity index (χ0) is 56.6. The highest BCUT2D eigenvalue weighted by Crippen LogP contribution is 2.55. The Hall–Kier alpha value is -8.92. The zero-order valence-electron chi connectivity index (χ0n) is 47.1. The van der Waals surface area contributed by atoms with Gasteiger partial charge in [0.1, 0.15) is 0 Å². The number of fused-ring (bicyclic) bond motifs is 9. The molecule has 5 unspecified atom stereocenters. The summed E-state index contributed by atoms with van der Waals surface area (Å²) in [6.45, 7) is 4.74. The van der Waals surface area contributed by atoms with Crippen molar-refractivity contribution in [1.29, 1.82) is 0 Å². The fourth-order valence-corrected chi connectivity index (χ4v) is 16.8. The lowest BCUT2D eigenvalue weighted by atomic mass is 9.76. The molecule has 85 heavy (non-hydrogen) atoms. The highest BCUT2D eigenvalue weighted by atomic mass is 32.2. The fraction of sp³-hybridized carbons (Fsp3) is 0.104. The van der Waals surface area contributed by atoms with Crippen LogP contribution in [0.15, 0.2) is 316 Å². The monoisotopic (exact) mass is 1150 g/mol. The Labute approximate surface area is 509 Å². The molecule has 5 aliphatic rings. The van der Waals surface area contributed by atoms with Crippen LogP contribution in [0.4, 0.5) is 22.7 Å². The molecule has 0 N–H and O–H groups in total. The fourth-order valence-electron chi connectivity index (χ4n) is 13.9. The smallest absolute Gasteiger partial charge is 0.0931 e. The van der Waals surface area contributed by atoms with Crippen molar-refractivity contribution < 1.29 is 0 Å². The highest BCUT2D eigenvalue weighted by molar-refractivity contribution is 8.00. The number of para-hydroxylation sites is 4. The number of aromatic nitrogens is 3. The van der Waals surface area contributed by atoms with Crippen LogP contribution in [0.1, 0.15) is 43.0 Å². The molecule has 0 bridgehead atoms. The Kier molecular flexibility index (Phi) is 12.8. The topological polar surface area (TPSA) is 29.2 Å². The first kappa shape index (κ1) is 51.7. The van der Waals surface area contributed by atoms with Gasteiger partial charge < -0.3 is 14.4 Å². The molecule has 11 aromatic rings. The van der Waals surface area contributed by atoms with E-state index in [4.69, 9.17) is 5.10 Å². The zero-order valence-corrected chi connectivity index (χ0v) is 49.6. The van der Waals surface area contributed by atoms with Gasteiger partial charge in [-0.1, -0.05) is 200 Å². The van der Waals surface area contributed by atoms with Gasteiger partial charge in [0.2, 0.25) is 0 Å². The lowest BCUT2D eigenvalue weighted by molar-refractivity contribution is 0.542. The van der Waals surface area contributed by atoms with E-state index < -0.39 is 0 Å². The van der Waals surface area contributed by atoms with Crippen LogP contribution in [0.3, 0.4) is 0 Å². The molecule has 2 aromatic heterocycles. The first-order valence-corrected chi connectivity index (χ1v) is 31.9. The summed E-state index contributed by atoms with van der Waals surface area (Å²) in [7, 11) is 0. The molecule has 3 aliphatic carbocycles. The number of anilines is 4. The van der Waals surface area contributed by atoms with Gasteiger partial charge in [-0.15, -0.1) is 11.8 Å². The predicted molar refractivity (Wildman–Crippen MR) is 358 cm³/mol. The van der Waals surface area contributed by atoms with Gasteiger partial charge in [-0.25, -0.2) is 4.68 Å². The Bertz CT molecular complexity index is 4620. The van der Waals surface area contributed by atoms with E-state index in [0.717, 1.165) is 50.1 Å². The van der Waals surface area contributed by atoms with Crippen LogP contribution < -0.4 is 9.80 Å². The predicted octanol–water partition coefficient (Wildman–Crippen LogP) is 20.5. The number of hydrogen-bond acceptors (Lipinski definition) is 6. The van der Waals surface area contributed by atoms with E-state index >= 15 is 0 Å². The molecular formula is C77H59N5S3. The van der Waals surface area contributed by atoms with Crippen molar-refractivity contribution in [3.05, 3.63) is 308 Å². The van der Waals surface area contributed by atoms with Crippen molar-refractivity contribution in [3.8, 4) is 22.6 Å². The lowest BCUT2D eigenvalue weighted by Crippen LogP contribution is -2.41. The van der Waals surface area contributed by atoms with E-state index in [1.165, 1.54) is 70.4 Å². The maximum Gasteiger partial charge on any atom is 0.0931 e. The summed E-state index contributed by atoms with van der Waals surface area (Å²) in [5.74, 6) is 0.294. The first-order valence-electron chi connectivity index (χ1n) is 29.3. The largest absolute Gasteiger partial charge is 0.333 e. The Morgan fingerprint density at radius 1 is 0.506 bits per heavy atom. The standard InChI is InChI=1S/C77H59N5S3/c1-76-43-13-12-42-75(76)80(73-41-10-6-37-68(73)76)55-24-18-30-61(48-55)84-59-28-16-22-53(46-59)74-51-69(52-21-15-27-58(45-52)83-62-31-19-25-56(49-62)81-72-40-9-5-35-66(72)67-36-11-14-44-77(67,81)2)78-82(74)57-26-20-32-63(50-57)85-60-29-17-23-54(47-60)79-70-38-7-3-33-64(70)65-34-4-8-39-71(65)79/h3-26,28-51,58,67,75H,27H2,1-2H3. The van der Waals surface area contributed by atoms with Crippen molar-refractivity contribution in [2.45, 2.75) is 72.9 Å². The quantitative estimate of drug-likeness (QED) is 0.121. The molecule has 0 saturated heterocycles. The average Bonchev–Trinajstić information content (AvgIpc) is 3.24. The number of benzene rings is 9. The minimum Gasteiger partial charge on any atom is -0.333 e. The number of thioether (sulfide) groups is 1. The summed E-state index contributed by atoms with van der Waals surface area (Å²) < 4.78 is 4.56. The van der Waals surface area contributed by atoms with Gasteiger partial charge >= 0.3 is 0 Å². The second kappa shape index (κ2) is 21.0. The minimum absolute atomic E-state index is 0.104. The third-order valence-electron chi connectivity index (χ3n) is 17.8. The van der Waals surface area contributed by atoms with Crippen molar-refractivity contribution >= 4 is 85.4 Å². The second-order valence-electron chi connectivity index (χ2n) is 23.0. The van der Waals surface area contributed by atoms with Crippen molar-refractivity contribution in [2.75, 3.05) is 9.80 Å². The summed E-state index contributed by atoms with van der Waals surface area (Å²) in [5, 5.41) is 8.31. The molecule has 0 fully saturated rings. The highest BCUT2D eigenvalue weighted by Gasteiger charge is 2.48. The summed E-state index contributed by atoms with van der Waals surface area (Å²) in [6.07, 6.45) is 26.2. The molecule has 5 nitrogen and oxygen atoms in total. The molecule has 4 heterocycles. The van der Waals surface area contributed by atoms with Crippen LogP contribution in [0, 0.1) is 0 Å². The number of nitrogens with zero attached hydrogens (tertiary/aromatic N) is 5. The Balaban J connectivity index is 0.734. The molecule has 16 rings (SSSR count). The van der Waals surface area contributed by atoms with Crippen molar-refractivity contribution in [3.63, 3.8) is 0 Å². The van der Waals surface area contributed by atoms with Gasteiger partial charge in [-0.05, 0) is 152 Å². The van der Waals surface area contributed by atoms with Gasteiger partial charge in [0, 0.05) is 85.8 Å². The van der Waals surface area contributed by atoms with Crippen LogP contribution >= 0.6 is 35.3 Å². The summed E-state index contributed by atoms with van der Waals surface area (Å²) in [6, 6.07) is 82.7. The summed E-state index contributed by atoms with van der Waals surface area (Å²) in [5.41, 5.74) is 16.2. The van der Waals surface area contributed by atoms with Crippen molar-refractivity contribution in [1.82, 2.24) is 14.3 Å². The Morgan fingerprint density at radius 2 is 1.11 bits per heavy atom. The molecule has 8 heteroatoms. The maximum atomic E-state index is 5.57. The molecule has 2 aliphatic heterocycles. The van der Waals surface area contributed by atoms with Crippen molar-refractivity contribution in [2.24, 2.45) is 0 Å². The maximum absolute atomic E-state index is 5.57. The lowest BCUT2D eigenvalue weighted by Gasteiger charge is -2.39. The van der Waals surface area contributed by atoms with Gasteiger partial charge in [-0.3, -0.25) is 0 Å². The summed E-state index contributed by atoms with van der Waals surface area (Å²) >= 11 is 5.51. The molecule has 410 valence electrons. The van der Waals surface area contributed by atoms with Gasteiger partial charge in [0.25, 0.3) is 0 Å². The third-order valence-corrected chi connectivity index (χ3v) is 20.9. The molecular weight excluding hydrogens is 1090 g/mol. The molecule has 0 spiro atoms. The third kappa shape index (κ3) is 9.00. The number of rotatable bonds is 12. The van der Waals surface area contributed by atoms with Gasteiger partial charge in [0.05, 0.1) is 39.7 Å². The molecule has 0 amide bonds. The number of allylic oxidation sites excluding steroid dienone is 7. The van der Waals surface area contributed by atoms with Crippen LogP contribution in [0.2, 0.25) is 0 Å². The van der Waals surface area contributed by atoms with E-state index in [-0.39, 0.29) is 22.2 Å². The molecule has 9 aromatic carbocycles. The van der Waals surface area contributed by atoms with E-state index in [9.17, 15) is 0 Å². The van der Waals surface area contributed by atoms with E-state index in [2.05, 4.69) is 324 Å². The van der Waals surface area contributed by atoms with E-state index in [1.54, 1.807) is 23.5 Å². The normalized spacial score (nSPS) is 20.7. The minimum atomic E-state index is -0.186. The molecule has 0 radical (unpaired) electrons. The van der Waals surface area contributed by atoms with Gasteiger partial charge in [-0.2, -0.15) is 5.10 Å². The Morgan fingerprint density at radius 3 is 1.89 bits per heavy atom. The van der Waals surface area contributed by atoms with Gasteiger partial charge in [0.15, 0.2) is 0 Å². The van der Waals surface area contributed by atoms with Crippen LogP contribution in [-0.4, -0.2) is 31.2 Å². The first-order chi connectivity index (χ1) is 41.8. The van der Waals surface area contributed by atoms with E-state index in [1.807, 2.05) is 11.8 Å². The second-order valence-corrected chi connectivity index (χ2v) is 26.6. The van der Waals surface area contributed by atoms with Crippen LogP contribution in [0.25, 0.3) is 50.0 Å². The summed E-state index contributed by atoms with van der Waals surface area (Å²) in [4.78, 5) is 11.0. The van der Waals surface area contributed by atoms with E-state index in [0.29, 0.717) is 5.92 Å². The average molecular weight is 1150 g/mol. The van der Waals surface area contributed by atoms with Crippen LogP contribution in [0.5, 0.6) is 0 Å². The molecule has 5 atom stereocenters.